The second-order valence-electron chi connectivity index (χ2n) is 6.25. The number of rotatable bonds is 4. The number of ether oxygens (including phenoxy) is 1. The lowest BCUT2D eigenvalue weighted by Gasteiger charge is -2.33. The van der Waals surface area contributed by atoms with Crippen LogP contribution in [0.4, 0.5) is 0 Å². The van der Waals surface area contributed by atoms with Crippen molar-refractivity contribution in [3.63, 3.8) is 0 Å². The van der Waals surface area contributed by atoms with E-state index in [1.54, 1.807) is 30.5 Å². The van der Waals surface area contributed by atoms with Crippen molar-refractivity contribution >= 4 is 11.7 Å². The van der Waals surface area contributed by atoms with E-state index in [1.165, 1.54) is 0 Å². The van der Waals surface area contributed by atoms with Gasteiger partial charge in [0.05, 0.1) is 24.5 Å². The number of ketones is 1. The van der Waals surface area contributed by atoms with Crippen LogP contribution in [0, 0.1) is 13.8 Å². The highest BCUT2D eigenvalue weighted by Crippen LogP contribution is 2.27. The van der Waals surface area contributed by atoms with Crippen molar-refractivity contribution in [2.75, 3.05) is 19.8 Å². The fraction of sp³-hybridized carbons (Fsp3) is 0.500. The molecule has 0 bridgehead atoms. The average molecular weight is 345 g/mol. The lowest BCUT2D eigenvalue weighted by atomic mass is 10.1. The van der Waals surface area contributed by atoms with Crippen molar-refractivity contribution in [2.24, 2.45) is 7.05 Å². The lowest BCUT2D eigenvalue weighted by molar-refractivity contribution is -0.135. The van der Waals surface area contributed by atoms with Crippen molar-refractivity contribution in [1.29, 1.82) is 0 Å². The number of aromatic nitrogens is 2. The summed E-state index contributed by atoms with van der Waals surface area (Å²) < 4.78 is 12.9. The van der Waals surface area contributed by atoms with Crippen LogP contribution in [-0.4, -0.2) is 46.1 Å². The highest BCUT2D eigenvalue weighted by molar-refractivity contribution is 6.43. The highest BCUT2D eigenvalue weighted by Gasteiger charge is 2.36. The number of carbonyl (C=O) groups is 2. The molecule has 3 heterocycles. The summed E-state index contributed by atoms with van der Waals surface area (Å²) in [5.41, 5.74) is 1.63. The standard InChI is InChI=1S/C18H23N3O4/c1-5-13-6-7-15(25-13)14-10-24-9-8-21(14)18(23)17(22)16-11(2)19-20(4)12(16)3/h6-7,14H,5,8-10H2,1-4H3. The molecule has 134 valence electrons. The molecule has 1 atom stereocenters. The van der Waals surface area contributed by atoms with Gasteiger partial charge >= 0.3 is 0 Å². The Morgan fingerprint density at radius 2 is 2.08 bits per heavy atom. The van der Waals surface area contributed by atoms with Crippen molar-refractivity contribution in [3.8, 4) is 0 Å². The van der Waals surface area contributed by atoms with Gasteiger partial charge in [-0.15, -0.1) is 0 Å². The molecule has 1 amide bonds. The van der Waals surface area contributed by atoms with Gasteiger partial charge < -0.3 is 14.1 Å². The molecule has 1 unspecified atom stereocenters. The van der Waals surface area contributed by atoms with E-state index < -0.39 is 11.7 Å². The zero-order valence-electron chi connectivity index (χ0n) is 15.0. The fourth-order valence-electron chi connectivity index (χ4n) is 3.19. The number of hydrogen-bond donors (Lipinski definition) is 0. The maximum Gasteiger partial charge on any atom is 0.295 e. The van der Waals surface area contributed by atoms with E-state index in [-0.39, 0.29) is 6.04 Å². The molecule has 0 saturated carbocycles. The Kier molecular flexibility index (Phi) is 4.76. The van der Waals surface area contributed by atoms with E-state index in [9.17, 15) is 9.59 Å². The van der Waals surface area contributed by atoms with Crippen LogP contribution in [-0.2, 0) is 23.0 Å². The van der Waals surface area contributed by atoms with Gasteiger partial charge in [-0.05, 0) is 26.0 Å². The van der Waals surface area contributed by atoms with E-state index in [2.05, 4.69) is 5.10 Å². The Labute approximate surface area is 146 Å². The number of aryl methyl sites for hydroxylation is 3. The largest absolute Gasteiger partial charge is 0.464 e. The van der Waals surface area contributed by atoms with Crippen LogP contribution in [0.3, 0.4) is 0 Å². The van der Waals surface area contributed by atoms with Gasteiger partial charge in [0.2, 0.25) is 0 Å². The Hall–Kier alpha value is -2.41. The Bertz CT molecular complexity index is 805. The zero-order valence-corrected chi connectivity index (χ0v) is 15.0. The second kappa shape index (κ2) is 6.84. The molecule has 25 heavy (non-hydrogen) atoms. The van der Waals surface area contributed by atoms with Crippen molar-refractivity contribution in [2.45, 2.75) is 33.2 Å². The molecule has 0 aliphatic carbocycles. The number of amides is 1. The first-order chi connectivity index (χ1) is 11.9. The summed E-state index contributed by atoms with van der Waals surface area (Å²) >= 11 is 0. The summed E-state index contributed by atoms with van der Waals surface area (Å²) in [6, 6.07) is 3.36. The van der Waals surface area contributed by atoms with Crippen LogP contribution >= 0.6 is 0 Å². The minimum Gasteiger partial charge on any atom is -0.464 e. The average Bonchev–Trinajstić information content (AvgIpc) is 3.18. The molecule has 2 aromatic rings. The third-order valence-corrected chi connectivity index (χ3v) is 4.68. The molecule has 7 heteroatoms. The summed E-state index contributed by atoms with van der Waals surface area (Å²) in [7, 11) is 1.76. The van der Waals surface area contributed by atoms with Crippen LogP contribution in [0.1, 0.15) is 46.2 Å². The topological polar surface area (TPSA) is 77.6 Å². The molecule has 0 spiro atoms. The van der Waals surface area contributed by atoms with Crippen LogP contribution in [0.15, 0.2) is 16.5 Å². The number of morpholine rings is 1. The molecule has 0 aromatic carbocycles. The minimum atomic E-state index is -0.540. The van der Waals surface area contributed by atoms with E-state index >= 15 is 0 Å². The van der Waals surface area contributed by atoms with Gasteiger partial charge in [0.1, 0.15) is 17.6 Å². The summed E-state index contributed by atoms with van der Waals surface area (Å²) in [6.45, 7) is 6.61. The molecule has 0 N–H and O–H groups in total. The molecule has 7 nitrogen and oxygen atoms in total. The smallest absolute Gasteiger partial charge is 0.295 e. The van der Waals surface area contributed by atoms with Gasteiger partial charge in [-0.3, -0.25) is 14.3 Å². The lowest BCUT2D eigenvalue weighted by Crippen LogP contribution is -2.46. The highest BCUT2D eigenvalue weighted by atomic mass is 16.5. The molecule has 1 fully saturated rings. The first-order valence-corrected chi connectivity index (χ1v) is 8.45. The summed E-state index contributed by atoms with van der Waals surface area (Å²) in [5, 5.41) is 4.23. The van der Waals surface area contributed by atoms with Gasteiger partial charge in [0.15, 0.2) is 0 Å². The fourth-order valence-corrected chi connectivity index (χ4v) is 3.19. The summed E-state index contributed by atoms with van der Waals surface area (Å²) in [5.74, 6) is 0.426. The Balaban J connectivity index is 1.89. The van der Waals surface area contributed by atoms with E-state index in [0.717, 1.165) is 12.2 Å². The van der Waals surface area contributed by atoms with Crippen molar-refractivity contribution in [1.82, 2.24) is 14.7 Å². The van der Waals surface area contributed by atoms with Crippen LogP contribution in [0.5, 0.6) is 0 Å². The minimum absolute atomic E-state index is 0.320. The number of furan rings is 1. The van der Waals surface area contributed by atoms with Crippen LogP contribution in [0.2, 0.25) is 0 Å². The summed E-state index contributed by atoms with van der Waals surface area (Å²) in [4.78, 5) is 27.3. The van der Waals surface area contributed by atoms with Crippen LogP contribution in [0.25, 0.3) is 0 Å². The molecule has 3 rings (SSSR count). The Morgan fingerprint density at radius 1 is 1.32 bits per heavy atom. The van der Waals surface area contributed by atoms with Crippen molar-refractivity contribution < 1.29 is 18.7 Å². The molecule has 1 aliphatic rings. The van der Waals surface area contributed by atoms with Crippen molar-refractivity contribution in [3.05, 3.63) is 40.6 Å². The zero-order chi connectivity index (χ0) is 18.1. The number of carbonyl (C=O) groups excluding carboxylic acids is 2. The molecular formula is C18H23N3O4. The SMILES string of the molecule is CCc1ccc(C2COCCN2C(=O)C(=O)c2c(C)nn(C)c2C)o1. The number of nitrogens with zero attached hydrogens (tertiary/aromatic N) is 3. The molecule has 1 aliphatic heterocycles. The van der Waals surface area contributed by atoms with Gasteiger partial charge in [0, 0.05) is 25.7 Å². The number of hydrogen-bond acceptors (Lipinski definition) is 5. The third-order valence-electron chi connectivity index (χ3n) is 4.68. The number of Topliss-reactive ketones (excluding diaryl/α,β-unsaturated/α-hetero) is 1. The molecular weight excluding hydrogens is 322 g/mol. The monoisotopic (exact) mass is 345 g/mol. The molecule has 0 radical (unpaired) electrons. The maximum atomic E-state index is 12.9. The van der Waals surface area contributed by atoms with E-state index in [4.69, 9.17) is 9.15 Å². The van der Waals surface area contributed by atoms with Gasteiger partial charge in [-0.1, -0.05) is 6.92 Å². The second-order valence-corrected chi connectivity index (χ2v) is 6.25. The van der Waals surface area contributed by atoms with E-state index in [0.29, 0.717) is 42.5 Å². The first kappa shape index (κ1) is 17.4. The predicted octanol–water partition coefficient (Wildman–Crippen LogP) is 1.98. The molecule has 2 aromatic heterocycles. The quantitative estimate of drug-likeness (QED) is 0.625. The van der Waals surface area contributed by atoms with E-state index in [1.807, 2.05) is 19.1 Å². The van der Waals surface area contributed by atoms with Gasteiger partial charge in [-0.2, -0.15) is 5.10 Å². The van der Waals surface area contributed by atoms with Gasteiger partial charge in [-0.25, -0.2) is 0 Å². The molecule has 1 saturated heterocycles. The summed E-state index contributed by atoms with van der Waals surface area (Å²) in [6.07, 6.45) is 0.772. The van der Waals surface area contributed by atoms with Gasteiger partial charge in [0.25, 0.3) is 11.7 Å². The first-order valence-electron chi connectivity index (χ1n) is 8.45. The Morgan fingerprint density at radius 3 is 2.68 bits per heavy atom. The van der Waals surface area contributed by atoms with Crippen LogP contribution < -0.4 is 0 Å². The predicted molar refractivity (Wildman–Crippen MR) is 90.4 cm³/mol. The maximum absolute atomic E-state index is 12.9. The third kappa shape index (κ3) is 3.11. The normalized spacial score (nSPS) is 17.8.